The molecule has 0 heterocycles. The van der Waals surface area contributed by atoms with Crippen molar-refractivity contribution >= 4 is 53.3 Å². The first-order valence-electron chi connectivity index (χ1n) is 9.42. The van der Waals surface area contributed by atoms with Gasteiger partial charge in [0.1, 0.15) is 0 Å². The van der Waals surface area contributed by atoms with Crippen LogP contribution in [-0.2, 0) is 38.1 Å². The smallest absolute Gasteiger partial charge is 0.305 e. The first kappa shape index (κ1) is 25.6. The molecule has 0 spiro atoms. The largest absolute Gasteiger partial charge is 0.425 e. The predicted molar refractivity (Wildman–Crippen MR) is 111 cm³/mol. The number of ether oxygens (including phenoxy) is 4. The Kier molecular flexibility index (Phi) is 11.7. The summed E-state index contributed by atoms with van der Waals surface area (Å²) < 4.78 is 20.0. The molecule has 4 radical (unpaired) electrons. The van der Waals surface area contributed by atoms with E-state index in [4.69, 9.17) is 18.9 Å². The summed E-state index contributed by atoms with van der Waals surface area (Å²) in [6.07, 6.45) is -0.824. The van der Waals surface area contributed by atoms with Gasteiger partial charge < -0.3 is 18.9 Å². The highest BCUT2D eigenvalue weighted by Gasteiger charge is 2.16. The molecule has 0 saturated heterocycles. The lowest BCUT2D eigenvalue weighted by Gasteiger charge is -2.16. The van der Waals surface area contributed by atoms with Crippen LogP contribution in [0.15, 0.2) is 24.3 Å². The summed E-state index contributed by atoms with van der Waals surface area (Å²) in [5, 5.41) is 2.29. The molecule has 0 aliphatic carbocycles. The minimum atomic E-state index is -0.851. The van der Waals surface area contributed by atoms with Crippen LogP contribution in [0.1, 0.15) is 40.5 Å². The zero-order valence-corrected chi connectivity index (χ0v) is 19.6. The summed E-state index contributed by atoms with van der Waals surface area (Å²) in [4.78, 5) is 44.3. The Labute approximate surface area is 181 Å². The van der Waals surface area contributed by atoms with E-state index in [0.717, 1.165) is 22.5 Å². The molecule has 1 aromatic rings. The highest BCUT2D eigenvalue weighted by molar-refractivity contribution is 6.55. The molecule has 0 aliphatic heterocycles. The average molecular weight is 451 g/mol. The van der Waals surface area contributed by atoms with Crippen molar-refractivity contribution in [2.45, 2.75) is 65.2 Å². The van der Waals surface area contributed by atoms with Gasteiger partial charge in [0.05, 0.1) is 19.0 Å². The molecule has 0 bridgehead atoms. The van der Waals surface area contributed by atoms with Gasteiger partial charge in [0.25, 0.3) is 0 Å². The molecule has 0 atom stereocenters. The van der Waals surface area contributed by atoms with Crippen molar-refractivity contribution in [1.82, 2.24) is 0 Å². The zero-order valence-electron chi connectivity index (χ0n) is 17.6. The average Bonchev–Trinajstić information content (AvgIpc) is 2.60. The van der Waals surface area contributed by atoms with E-state index >= 15 is 0 Å². The van der Waals surface area contributed by atoms with Crippen LogP contribution in [0.5, 0.6) is 0 Å². The monoisotopic (exact) mass is 450 g/mol. The lowest BCUT2D eigenvalue weighted by atomic mass is 10.4. The molecular formula is C20H26O8Si2. The maximum Gasteiger partial charge on any atom is 0.305 e. The van der Waals surface area contributed by atoms with Crippen molar-refractivity contribution in [3.8, 4) is 0 Å². The molecule has 0 aromatic heterocycles. The SMILES string of the molecule is CC(=O)OC(CC[Si]c1ccc([Si]CCC(OC(C)=O)OC(C)=O)cc1)OC(C)=O. The van der Waals surface area contributed by atoms with E-state index in [-0.39, 0.29) is 0 Å². The van der Waals surface area contributed by atoms with Crippen molar-refractivity contribution in [1.29, 1.82) is 0 Å². The van der Waals surface area contributed by atoms with E-state index in [1.807, 2.05) is 24.3 Å². The number of benzene rings is 1. The highest BCUT2D eigenvalue weighted by atomic mass is 28.2. The third kappa shape index (κ3) is 12.2. The van der Waals surface area contributed by atoms with E-state index in [0.29, 0.717) is 31.9 Å². The molecule has 0 aliphatic rings. The van der Waals surface area contributed by atoms with Crippen LogP contribution in [0.2, 0.25) is 12.1 Å². The van der Waals surface area contributed by atoms with Gasteiger partial charge in [0.2, 0.25) is 12.6 Å². The van der Waals surface area contributed by atoms with E-state index in [1.165, 1.54) is 27.7 Å². The van der Waals surface area contributed by atoms with Crippen LogP contribution >= 0.6 is 0 Å². The van der Waals surface area contributed by atoms with Crippen molar-refractivity contribution in [3.05, 3.63) is 24.3 Å². The Morgan fingerprint density at radius 3 is 1.13 bits per heavy atom. The summed E-state index contributed by atoms with van der Waals surface area (Å²) >= 11 is 0. The molecule has 10 heteroatoms. The van der Waals surface area contributed by atoms with E-state index in [2.05, 4.69) is 0 Å². The van der Waals surface area contributed by atoms with Crippen LogP contribution in [0.4, 0.5) is 0 Å². The fourth-order valence-corrected chi connectivity index (χ4v) is 4.54. The fraction of sp³-hybridized carbons (Fsp3) is 0.500. The van der Waals surface area contributed by atoms with Gasteiger partial charge in [0.15, 0.2) is 0 Å². The van der Waals surface area contributed by atoms with Crippen LogP contribution in [0.25, 0.3) is 0 Å². The van der Waals surface area contributed by atoms with Gasteiger partial charge in [-0.15, -0.1) is 0 Å². The molecule has 0 amide bonds. The summed E-state index contributed by atoms with van der Waals surface area (Å²) in [7, 11) is 0.969. The van der Waals surface area contributed by atoms with Crippen LogP contribution < -0.4 is 10.4 Å². The molecule has 162 valence electrons. The summed E-state index contributed by atoms with van der Waals surface area (Å²) in [5.41, 5.74) is 0. The molecule has 0 N–H and O–H groups in total. The van der Waals surface area contributed by atoms with Gasteiger partial charge in [-0.3, -0.25) is 19.2 Å². The van der Waals surface area contributed by atoms with E-state index in [1.54, 1.807) is 0 Å². The van der Waals surface area contributed by atoms with Crippen molar-refractivity contribution < 1.29 is 38.1 Å². The van der Waals surface area contributed by atoms with Gasteiger partial charge in [-0.2, -0.15) is 0 Å². The quantitative estimate of drug-likeness (QED) is 0.262. The molecule has 0 saturated carbocycles. The highest BCUT2D eigenvalue weighted by Crippen LogP contribution is 2.07. The fourth-order valence-electron chi connectivity index (χ4n) is 2.40. The molecule has 8 nitrogen and oxygen atoms in total. The topological polar surface area (TPSA) is 105 Å². The van der Waals surface area contributed by atoms with Crippen molar-refractivity contribution in [2.75, 3.05) is 0 Å². The number of esters is 4. The Bertz CT molecular complexity index is 627. The van der Waals surface area contributed by atoms with Crippen LogP contribution in [-0.4, -0.2) is 55.5 Å². The summed E-state index contributed by atoms with van der Waals surface area (Å²) in [6, 6.07) is 9.57. The number of rotatable bonds is 12. The van der Waals surface area contributed by atoms with Crippen molar-refractivity contribution in [3.63, 3.8) is 0 Å². The second-order valence-electron chi connectivity index (χ2n) is 6.31. The van der Waals surface area contributed by atoms with E-state index < -0.39 is 36.5 Å². The predicted octanol–water partition coefficient (Wildman–Crippen LogP) is 0.867. The van der Waals surface area contributed by atoms with Gasteiger partial charge in [-0.25, -0.2) is 0 Å². The van der Waals surface area contributed by atoms with Gasteiger partial charge >= 0.3 is 23.9 Å². The van der Waals surface area contributed by atoms with Crippen molar-refractivity contribution in [2.24, 2.45) is 0 Å². The standard InChI is InChI=1S/C20H26O8Si2/c1-13(21)25-19(26-14(2)22)9-11-29-17-5-7-18(8-6-17)30-12-10-20(27-15(3)23)28-16(4)24/h5-8,19-20H,9-12H2,1-4H3. The Hall–Kier alpha value is -2.47. The molecule has 1 rings (SSSR count). The Morgan fingerprint density at radius 1 is 0.633 bits per heavy atom. The van der Waals surface area contributed by atoms with Gasteiger partial charge in [-0.05, 0) is 12.1 Å². The van der Waals surface area contributed by atoms with Gasteiger partial charge in [-0.1, -0.05) is 34.6 Å². The third-order valence-corrected chi connectivity index (χ3v) is 6.05. The maximum atomic E-state index is 11.1. The second kappa shape index (κ2) is 13.7. The number of carbonyl (C=O) groups is 4. The zero-order chi connectivity index (χ0) is 22.5. The molecule has 0 fully saturated rings. The van der Waals surface area contributed by atoms with Crippen LogP contribution in [0.3, 0.4) is 0 Å². The maximum absolute atomic E-state index is 11.1. The molecule has 0 unspecified atom stereocenters. The van der Waals surface area contributed by atoms with Gasteiger partial charge in [0, 0.05) is 40.5 Å². The Balaban J connectivity index is 2.43. The number of hydrogen-bond acceptors (Lipinski definition) is 8. The molecule has 30 heavy (non-hydrogen) atoms. The lowest BCUT2D eigenvalue weighted by molar-refractivity contribution is -0.187. The third-order valence-electron chi connectivity index (χ3n) is 3.49. The number of hydrogen-bond donors (Lipinski definition) is 0. The summed E-state index contributed by atoms with van der Waals surface area (Å²) in [5.74, 6) is -1.95. The lowest BCUT2D eigenvalue weighted by Crippen LogP contribution is -2.26. The van der Waals surface area contributed by atoms with E-state index in [9.17, 15) is 19.2 Å². The number of carbonyl (C=O) groups excluding carboxylic acids is 4. The normalized spacial score (nSPS) is 10.6. The first-order chi connectivity index (χ1) is 14.2. The molecular weight excluding hydrogens is 424 g/mol. The second-order valence-corrected chi connectivity index (χ2v) is 9.17. The first-order valence-corrected chi connectivity index (χ1v) is 11.8. The minimum absolute atomic E-state index is 0.439. The van der Waals surface area contributed by atoms with Crippen LogP contribution in [0, 0.1) is 0 Å². The Morgan fingerprint density at radius 2 is 0.900 bits per heavy atom. The minimum Gasteiger partial charge on any atom is -0.425 e. The summed E-state index contributed by atoms with van der Waals surface area (Å²) in [6.45, 7) is 5.11. The molecule has 1 aromatic carbocycles.